The molecular weight excluding hydrogens is 429 g/mol. The first-order valence-electron chi connectivity index (χ1n) is 10.5. The standard InChI is InChI=1S/C25H23F3N4O/c1-3-11-30(2)24(33)21-17-23(29-22-10-5-4-9-20(21)22)32-14-12-31(13-15-32)19-8-6-7-18(16-19)25(26,27)28/h1,4-10,16-17H,11-15H2,2H3. The molecule has 0 spiro atoms. The number of piperazine rings is 1. The van der Waals surface area contributed by atoms with E-state index in [1.165, 1.54) is 17.0 Å². The van der Waals surface area contributed by atoms with Gasteiger partial charge in [0.15, 0.2) is 0 Å². The van der Waals surface area contributed by atoms with Crippen molar-refractivity contribution in [3.05, 3.63) is 65.7 Å². The Morgan fingerprint density at radius 3 is 2.45 bits per heavy atom. The molecule has 1 fully saturated rings. The number of halogens is 3. The number of hydrogen-bond donors (Lipinski definition) is 0. The van der Waals surface area contributed by atoms with Crippen molar-refractivity contribution in [2.45, 2.75) is 6.18 Å². The summed E-state index contributed by atoms with van der Waals surface area (Å²) in [5.74, 6) is 2.96. The van der Waals surface area contributed by atoms with E-state index in [-0.39, 0.29) is 12.5 Å². The molecule has 1 aliphatic rings. The summed E-state index contributed by atoms with van der Waals surface area (Å²) >= 11 is 0. The molecule has 1 aliphatic heterocycles. The molecule has 170 valence electrons. The third kappa shape index (κ3) is 4.72. The van der Waals surface area contributed by atoms with Gasteiger partial charge in [-0.15, -0.1) is 6.42 Å². The van der Waals surface area contributed by atoms with Gasteiger partial charge in [0.2, 0.25) is 0 Å². The van der Waals surface area contributed by atoms with Crippen LogP contribution in [0.2, 0.25) is 0 Å². The zero-order valence-corrected chi connectivity index (χ0v) is 18.1. The van der Waals surface area contributed by atoms with Crippen LogP contribution in [-0.2, 0) is 6.18 Å². The molecular formula is C25H23F3N4O. The number of carbonyl (C=O) groups is 1. The molecule has 0 radical (unpaired) electrons. The van der Waals surface area contributed by atoms with Crippen LogP contribution in [0.5, 0.6) is 0 Å². The van der Waals surface area contributed by atoms with Crippen LogP contribution in [0, 0.1) is 12.3 Å². The van der Waals surface area contributed by atoms with E-state index in [2.05, 4.69) is 10.8 Å². The van der Waals surface area contributed by atoms with E-state index >= 15 is 0 Å². The van der Waals surface area contributed by atoms with Crippen LogP contribution in [0.25, 0.3) is 10.9 Å². The van der Waals surface area contributed by atoms with Crippen molar-refractivity contribution < 1.29 is 18.0 Å². The number of nitrogens with zero attached hydrogens (tertiary/aromatic N) is 4. The maximum absolute atomic E-state index is 13.1. The van der Waals surface area contributed by atoms with E-state index in [1.807, 2.05) is 29.2 Å². The predicted octanol–water partition coefficient (Wildman–Crippen LogP) is 4.29. The van der Waals surface area contributed by atoms with Gasteiger partial charge in [0.1, 0.15) is 5.82 Å². The topological polar surface area (TPSA) is 39.7 Å². The highest BCUT2D eigenvalue weighted by Crippen LogP contribution is 2.32. The fraction of sp³-hybridized carbons (Fsp3) is 0.280. The van der Waals surface area contributed by atoms with E-state index in [9.17, 15) is 18.0 Å². The number of fused-ring (bicyclic) bond motifs is 1. The van der Waals surface area contributed by atoms with Crippen molar-refractivity contribution in [1.82, 2.24) is 9.88 Å². The van der Waals surface area contributed by atoms with Gasteiger partial charge >= 0.3 is 6.18 Å². The Hall–Kier alpha value is -3.73. The summed E-state index contributed by atoms with van der Waals surface area (Å²) in [6, 6.07) is 14.6. The SMILES string of the molecule is C#CCN(C)C(=O)c1cc(N2CCN(c3cccc(C(F)(F)F)c3)CC2)nc2ccccc12. The van der Waals surface area contributed by atoms with Gasteiger partial charge in [0.05, 0.1) is 23.2 Å². The molecule has 0 N–H and O–H groups in total. The average Bonchev–Trinajstić information content (AvgIpc) is 2.82. The monoisotopic (exact) mass is 452 g/mol. The van der Waals surface area contributed by atoms with Gasteiger partial charge in [-0.05, 0) is 30.3 Å². The number of para-hydroxylation sites is 1. The molecule has 8 heteroatoms. The second-order valence-electron chi connectivity index (χ2n) is 7.93. The smallest absolute Gasteiger partial charge is 0.368 e. The first-order chi connectivity index (χ1) is 15.8. The lowest BCUT2D eigenvalue weighted by Crippen LogP contribution is -2.47. The van der Waals surface area contributed by atoms with Gasteiger partial charge in [-0.2, -0.15) is 13.2 Å². The molecule has 33 heavy (non-hydrogen) atoms. The molecule has 1 saturated heterocycles. The Kier molecular flexibility index (Phi) is 6.14. The number of amides is 1. The van der Waals surface area contributed by atoms with Crippen LogP contribution in [0.4, 0.5) is 24.7 Å². The molecule has 0 aliphatic carbocycles. The van der Waals surface area contributed by atoms with Crippen LogP contribution in [-0.4, -0.2) is 55.6 Å². The Morgan fingerprint density at radius 2 is 1.76 bits per heavy atom. The Labute approximate surface area is 190 Å². The average molecular weight is 452 g/mol. The number of anilines is 2. The molecule has 0 bridgehead atoms. The van der Waals surface area contributed by atoms with Gasteiger partial charge < -0.3 is 14.7 Å². The first kappa shape index (κ1) is 22.5. The van der Waals surface area contributed by atoms with Crippen LogP contribution in [0.3, 0.4) is 0 Å². The summed E-state index contributed by atoms with van der Waals surface area (Å²) in [5.41, 5.74) is 1.11. The fourth-order valence-electron chi connectivity index (χ4n) is 3.99. The largest absolute Gasteiger partial charge is 0.416 e. The molecule has 5 nitrogen and oxygen atoms in total. The van der Waals surface area contributed by atoms with E-state index in [0.29, 0.717) is 48.8 Å². The minimum Gasteiger partial charge on any atom is -0.368 e. The number of rotatable bonds is 4. The van der Waals surface area contributed by atoms with Crippen LogP contribution in [0.15, 0.2) is 54.6 Å². The molecule has 2 heterocycles. The fourth-order valence-corrected chi connectivity index (χ4v) is 3.99. The summed E-state index contributed by atoms with van der Waals surface area (Å²) in [6.45, 7) is 2.40. The van der Waals surface area contributed by atoms with Gasteiger partial charge in [-0.3, -0.25) is 4.79 Å². The summed E-state index contributed by atoms with van der Waals surface area (Å²) < 4.78 is 39.2. The second-order valence-corrected chi connectivity index (χ2v) is 7.93. The maximum atomic E-state index is 13.1. The normalized spacial score (nSPS) is 14.3. The van der Waals surface area contributed by atoms with Crippen molar-refractivity contribution in [2.24, 2.45) is 0 Å². The molecule has 0 saturated carbocycles. The van der Waals surface area contributed by atoms with Crippen molar-refractivity contribution in [1.29, 1.82) is 0 Å². The summed E-state index contributed by atoms with van der Waals surface area (Å²) in [6.07, 6.45) is 0.995. The highest BCUT2D eigenvalue weighted by atomic mass is 19.4. The minimum absolute atomic E-state index is 0.185. The van der Waals surface area contributed by atoms with Crippen molar-refractivity contribution >= 4 is 28.3 Å². The van der Waals surface area contributed by atoms with Crippen LogP contribution >= 0.6 is 0 Å². The van der Waals surface area contributed by atoms with Crippen molar-refractivity contribution in [3.63, 3.8) is 0 Å². The molecule has 1 amide bonds. The van der Waals surface area contributed by atoms with Gasteiger partial charge in [0, 0.05) is 44.3 Å². The van der Waals surface area contributed by atoms with Gasteiger partial charge in [-0.25, -0.2) is 4.98 Å². The minimum atomic E-state index is -4.37. The van der Waals surface area contributed by atoms with Crippen molar-refractivity contribution in [2.75, 3.05) is 49.6 Å². The van der Waals surface area contributed by atoms with Crippen LogP contribution in [0.1, 0.15) is 15.9 Å². The zero-order valence-electron chi connectivity index (χ0n) is 18.1. The van der Waals surface area contributed by atoms with Gasteiger partial charge in [0.25, 0.3) is 5.91 Å². The number of aromatic nitrogens is 1. The highest BCUT2D eigenvalue weighted by molar-refractivity contribution is 6.07. The third-order valence-electron chi connectivity index (χ3n) is 5.75. The van der Waals surface area contributed by atoms with E-state index in [4.69, 9.17) is 11.4 Å². The predicted molar refractivity (Wildman–Crippen MR) is 123 cm³/mol. The number of pyridine rings is 1. The van der Waals surface area contributed by atoms with Gasteiger partial charge in [-0.1, -0.05) is 30.2 Å². The molecule has 0 atom stereocenters. The first-order valence-corrected chi connectivity index (χ1v) is 10.5. The molecule has 2 aromatic carbocycles. The summed E-state index contributed by atoms with van der Waals surface area (Å²) in [7, 11) is 1.66. The van der Waals surface area contributed by atoms with E-state index in [1.54, 1.807) is 19.2 Å². The maximum Gasteiger partial charge on any atom is 0.416 e. The number of hydrogen-bond acceptors (Lipinski definition) is 4. The molecule has 4 rings (SSSR count). The Balaban J connectivity index is 1.58. The number of carbonyl (C=O) groups excluding carboxylic acids is 1. The lowest BCUT2D eigenvalue weighted by molar-refractivity contribution is -0.137. The zero-order chi connectivity index (χ0) is 23.6. The van der Waals surface area contributed by atoms with E-state index in [0.717, 1.165) is 11.5 Å². The molecule has 3 aromatic rings. The Morgan fingerprint density at radius 1 is 1.06 bits per heavy atom. The second kappa shape index (κ2) is 9.02. The third-order valence-corrected chi connectivity index (χ3v) is 5.75. The lowest BCUT2D eigenvalue weighted by atomic mass is 10.1. The van der Waals surface area contributed by atoms with Crippen LogP contribution < -0.4 is 9.80 Å². The molecule has 1 aromatic heterocycles. The summed E-state index contributed by atoms with van der Waals surface area (Å²) in [4.78, 5) is 23.2. The number of benzene rings is 2. The van der Waals surface area contributed by atoms with Crippen molar-refractivity contribution in [3.8, 4) is 12.3 Å². The number of alkyl halides is 3. The highest BCUT2D eigenvalue weighted by Gasteiger charge is 2.31. The number of terminal acetylenes is 1. The molecule has 0 unspecified atom stereocenters. The lowest BCUT2D eigenvalue weighted by Gasteiger charge is -2.37. The van der Waals surface area contributed by atoms with E-state index < -0.39 is 11.7 Å². The Bertz CT molecular complexity index is 1210. The summed E-state index contributed by atoms with van der Waals surface area (Å²) in [5, 5.41) is 0.748. The quantitative estimate of drug-likeness (QED) is 0.554.